The lowest BCUT2D eigenvalue weighted by atomic mass is 10.0. The number of rotatable bonds is 9. The Morgan fingerprint density at radius 1 is 1.15 bits per heavy atom. The topological polar surface area (TPSA) is 15.3 Å². The van der Waals surface area contributed by atoms with Crippen LogP contribution in [0.4, 0.5) is 5.69 Å². The molecule has 2 heteroatoms. The molecule has 1 aliphatic carbocycles. The van der Waals surface area contributed by atoms with Crippen LogP contribution < -0.4 is 10.2 Å². The van der Waals surface area contributed by atoms with Crippen molar-refractivity contribution >= 4 is 5.69 Å². The summed E-state index contributed by atoms with van der Waals surface area (Å²) in [6, 6.07) is 9.74. The summed E-state index contributed by atoms with van der Waals surface area (Å²) >= 11 is 0. The van der Waals surface area contributed by atoms with Gasteiger partial charge >= 0.3 is 0 Å². The molecular formula is C18H30N2. The second-order valence-electron chi connectivity index (χ2n) is 6.00. The molecule has 20 heavy (non-hydrogen) atoms. The van der Waals surface area contributed by atoms with Crippen LogP contribution >= 0.6 is 0 Å². The highest BCUT2D eigenvalue weighted by Gasteiger charge is 2.24. The third kappa shape index (κ3) is 4.24. The van der Waals surface area contributed by atoms with Gasteiger partial charge in [0.05, 0.1) is 0 Å². The lowest BCUT2D eigenvalue weighted by Gasteiger charge is -2.25. The predicted octanol–water partition coefficient (Wildman–Crippen LogP) is 4.37. The fourth-order valence-electron chi connectivity index (χ4n) is 2.87. The van der Waals surface area contributed by atoms with Crippen molar-refractivity contribution in [1.29, 1.82) is 0 Å². The Bertz CT molecular complexity index is 381. The van der Waals surface area contributed by atoms with Crippen LogP contribution in [0.1, 0.15) is 58.1 Å². The molecule has 1 aliphatic rings. The lowest BCUT2D eigenvalue weighted by molar-refractivity contribution is 0.537. The third-order valence-electron chi connectivity index (χ3n) is 4.19. The zero-order chi connectivity index (χ0) is 14.4. The van der Waals surface area contributed by atoms with Gasteiger partial charge in [0.15, 0.2) is 0 Å². The minimum atomic E-state index is 0.497. The molecule has 0 amide bonds. The Labute approximate surface area is 124 Å². The van der Waals surface area contributed by atoms with Crippen LogP contribution in [-0.2, 0) is 0 Å². The molecule has 0 aliphatic heterocycles. The summed E-state index contributed by atoms with van der Waals surface area (Å²) in [4.78, 5) is 2.57. The van der Waals surface area contributed by atoms with E-state index in [9.17, 15) is 0 Å². The SMILES string of the molecule is CCCN(CC1CC1)c1ccc(C(CC)NCC)cc1. The molecule has 0 heterocycles. The molecule has 1 N–H and O–H groups in total. The Morgan fingerprint density at radius 2 is 1.85 bits per heavy atom. The van der Waals surface area contributed by atoms with Gasteiger partial charge in [-0.25, -0.2) is 0 Å². The highest BCUT2D eigenvalue weighted by atomic mass is 15.1. The molecule has 1 saturated carbocycles. The van der Waals surface area contributed by atoms with E-state index in [1.807, 2.05) is 0 Å². The molecule has 1 unspecified atom stereocenters. The fourth-order valence-corrected chi connectivity index (χ4v) is 2.87. The molecule has 0 bridgehead atoms. The predicted molar refractivity (Wildman–Crippen MR) is 88.4 cm³/mol. The number of nitrogens with one attached hydrogen (secondary N) is 1. The quantitative estimate of drug-likeness (QED) is 0.719. The van der Waals surface area contributed by atoms with Gasteiger partial charge in [-0.3, -0.25) is 0 Å². The van der Waals surface area contributed by atoms with E-state index in [1.165, 1.54) is 43.6 Å². The van der Waals surface area contributed by atoms with Gasteiger partial charge < -0.3 is 10.2 Å². The number of hydrogen-bond donors (Lipinski definition) is 1. The van der Waals surface area contributed by atoms with E-state index in [0.29, 0.717) is 6.04 Å². The van der Waals surface area contributed by atoms with Crippen LogP contribution in [0.3, 0.4) is 0 Å². The van der Waals surface area contributed by atoms with Crippen molar-refractivity contribution < 1.29 is 0 Å². The summed E-state index contributed by atoms with van der Waals surface area (Å²) in [5, 5.41) is 3.55. The van der Waals surface area contributed by atoms with Crippen LogP contribution in [0, 0.1) is 5.92 Å². The minimum absolute atomic E-state index is 0.497. The fraction of sp³-hybridized carbons (Fsp3) is 0.667. The molecule has 2 nitrogen and oxygen atoms in total. The summed E-state index contributed by atoms with van der Waals surface area (Å²) in [5.41, 5.74) is 2.81. The summed E-state index contributed by atoms with van der Waals surface area (Å²) in [6.45, 7) is 10.2. The van der Waals surface area contributed by atoms with Gasteiger partial charge in [0.25, 0.3) is 0 Å². The van der Waals surface area contributed by atoms with Crippen molar-refractivity contribution in [1.82, 2.24) is 5.32 Å². The Kier molecular flexibility index (Phi) is 5.90. The van der Waals surface area contributed by atoms with Crippen molar-refractivity contribution in [3.05, 3.63) is 29.8 Å². The van der Waals surface area contributed by atoms with E-state index in [-0.39, 0.29) is 0 Å². The van der Waals surface area contributed by atoms with Crippen LogP contribution in [0.5, 0.6) is 0 Å². The molecular weight excluding hydrogens is 244 g/mol. The molecule has 2 rings (SSSR count). The highest BCUT2D eigenvalue weighted by molar-refractivity contribution is 5.48. The Morgan fingerprint density at radius 3 is 2.35 bits per heavy atom. The second kappa shape index (κ2) is 7.68. The van der Waals surface area contributed by atoms with Crippen molar-refractivity contribution in [2.24, 2.45) is 5.92 Å². The van der Waals surface area contributed by atoms with Gasteiger partial charge in [0.2, 0.25) is 0 Å². The maximum atomic E-state index is 3.55. The number of hydrogen-bond acceptors (Lipinski definition) is 2. The normalized spacial score (nSPS) is 16.1. The van der Waals surface area contributed by atoms with E-state index >= 15 is 0 Å². The minimum Gasteiger partial charge on any atom is -0.371 e. The monoisotopic (exact) mass is 274 g/mol. The second-order valence-corrected chi connectivity index (χ2v) is 6.00. The van der Waals surface area contributed by atoms with Crippen LogP contribution in [0.2, 0.25) is 0 Å². The van der Waals surface area contributed by atoms with Gasteiger partial charge in [0, 0.05) is 24.8 Å². The van der Waals surface area contributed by atoms with Gasteiger partial charge in [-0.1, -0.05) is 32.9 Å². The van der Waals surface area contributed by atoms with E-state index in [2.05, 4.69) is 55.3 Å². The molecule has 112 valence electrons. The van der Waals surface area contributed by atoms with E-state index in [1.54, 1.807) is 0 Å². The standard InChI is InChI=1S/C18H30N2/c1-4-13-20(14-15-7-8-15)17-11-9-16(10-12-17)18(5-2)19-6-3/h9-12,15,18-19H,4-8,13-14H2,1-3H3. The molecule has 0 spiro atoms. The zero-order valence-corrected chi connectivity index (χ0v) is 13.4. The Hall–Kier alpha value is -1.02. The van der Waals surface area contributed by atoms with Crippen molar-refractivity contribution in [2.45, 2.75) is 52.5 Å². The number of anilines is 1. The van der Waals surface area contributed by atoms with Crippen molar-refractivity contribution in [3.63, 3.8) is 0 Å². The lowest BCUT2D eigenvalue weighted by Crippen LogP contribution is -2.26. The average molecular weight is 274 g/mol. The maximum absolute atomic E-state index is 3.55. The molecule has 1 aromatic rings. The molecule has 1 atom stereocenters. The van der Waals surface area contributed by atoms with E-state index in [0.717, 1.165) is 18.9 Å². The first-order chi connectivity index (χ1) is 9.78. The van der Waals surface area contributed by atoms with Gasteiger partial charge in [-0.15, -0.1) is 0 Å². The first-order valence-corrected chi connectivity index (χ1v) is 8.36. The molecule has 0 radical (unpaired) electrons. The smallest absolute Gasteiger partial charge is 0.0366 e. The number of nitrogens with zero attached hydrogens (tertiary/aromatic N) is 1. The number of benzene rings is 1. The molecule has 1 fully saturated rings. The highest BCUT2D eigenvalue weighted by Crippen LogP contribution is 2.32. The van der Waals surface area contributed by atoms with Crippen LogP contribution in [0.15, 0.2) is 24.3 Å². The maximum Gasteiger partial charge on any atom is 0.0366 e. The molecule has 0 saturated heterocycles. The summed E-state index contributed by atoms with van der Waals surface area (Å²) in [6.07, 6.45) is 5.23. The molecule has 0 aromatic heterocycles. The van der Waals surface area contributed by atoms with E-state index < -0.39 is 0 Å². The first-order valence-electron chi connectivity index (χ1n) is 8.36. The zero-order valence-electron chi connectivity index (χ0n) is 13.4. The first kappa shape index (κ1) is 15.4. The van der Waals surface area contributed by atoms with Crippen LogP contribution in [0.25, 0.3) is 0 Å². The van der Waals surface area contributed by atoms with Crippen LogP contribution in [-0.4, -0.2) is 19.6 Å². The van der Waals surface area contributed by atoms with Crippen molar-refractivity contribution in [3.8, 4) is 0 Å². The largest absolute Gasteiger partial charge is 0.371 e. The summed E-state index contributed by atoms with van der Waals surface area (Å²) in [7, 11) is 0. The summed E-state index contributed by atoms with van der Waals surface area (Å²) < 4.78 is 0. The average Bonchev–Trinajstić information content (AvgIpc) is 3.29. The van der Waals surface area contributed by atoms with E-state index in [4.69, 9.17) is 0 Å². The molecule has 1 aromatic carbocycles. The third-order valence-corrected chi connectivity index (χ3v) is 4.19. The van der Waals surface area contributed by atoms with Gasteiger partial charge in [-0.05, 0) is 55.8 Å². The summed E-state index contributed by atoms with van der Waals surface area (Å²) in [5.74, 6) is 0.950. The van der Waals surface area contributed by atoms with Crippen molar-refractivity contribution in [2.75, 3.05) is 24.5 Å². The van der Waals surface area contributed by atoms with Gasteiger partial charge in [0.1, 0.15) is 0 Å². The Balaban J connectivity index is 2.03. The van der Waals surface area contributed by atoms with Gasteiger partial charge in [-0.2, -0.15) is 0 Å².